The van der Waals surface area contributed by atoms with E-state index in [4.69, 9.17) is 9.72 Å². The topological polar surface area (TPSA) is 47.4 Å². The van der Waals surface area contributed by atoms with E-state index < -0.39 is 0 Å². The van der Waals surface area contributed by atoms with Gasteiger partial charge in [-0.1, -0.05) is 18.2 Å². The van der Waals surface area contributed by atoms with Gasteiger partial charge in [0.15, 0.2) is 0 Å². The van der Waals surface area contributed by atoms with Crippen LogP contribution in [0.4, 0.5) is 0 Å². The van der Waals surface area contributed by atoms with Crippen molar-refractivity contribution >= 4 is 16.9 Å². The fourth-order valence-corrected chi connectivity index (χ4v) is 4.57. The van der Waals surface area contributed by atoms with Crippen molar-refractivity contribution in [3.05, 3.63) is 59.4 Å². The van der Waals surface area contributed by atoms with Crippen molar-refractivity contribution in [2.75, 3.05) is 13.2 Å². The normalized spacial score (nSPS) is 16.4. The van der Waals surface area contributed by atoms with Crippen LogP contribution in [0.5, 0.6) is 5.75 Å². The zero-order valence-corrected chi connectivity index (χ0v) is 18.2. The average molecular weight is 406 g/mol. The summed E-state index contributed by atoms with van der Waals surface area (Å²) in [5.74, 6) is 2.11. The molecule has 0 spiro atoms. The quantitative estimate of drug-likeness (QED) is 0.508. The lowest BCUT2D eigenvalue weighted by Crippen LogP contribution is -2.30. The molecule has 1 saturated heterocycles. The van der Waals surface area contributed by atoms with Crippen LogP contribution in [0.3, 0.4) is 0 Å². The number of hydrogen-bond donors (Lipinski definition) is 0. The first-order valence-corrected chi connectivity index (χ1v) is 11.0. The van der Waals surface area contributed by atoms with E-state index >= 15 is 0 Å². The van der Waals surface area contributed by atoms with Crippen molar-refractivity contribution in [3.63, 3.8) is 0 Å². The molecule has 1 aromatic heterocycles. The number of nitrogens with zero attached hydrogens (tertiary/aromatic N) is 3. The molecule has 5 heteroatoms. The van der Waals surface area contributed by atoms with E-state index in [2.05, 4.69) is 54.8 Å². The number of rotatable bonds is 7. The standard InChI is InChI=1S/C25H31N3O2/c1-18-15-19(2)17-21(16-18)30-14-7-6-12-28-23-10-5-4-9-22(23)26-25(28)24-11-8-13-27(24)20(3)29/h4-5,9-10,15-17,24H,6-8,11-14H2,1-3H3/t24-/m1/s1. The van der Waals surface area contributed by atoms with E-state index in [9.17, 15) is 4.79 Å². The predicted molar refractivity (Wildman–Crippen MR) is 120 cm³/mol. The molecule has 1 aliphatic rings. The molecule has 2 aromatic carbocycles. The SMILES string of the molecule is CC(=O)N1CCC[C@@H]1c1nc2ccccc2n1CCCCOc1cc(C)cc(C)c1. The summed E-state index contributed by atoms with van der Waals surface area (Å²) in [6.07, 6.45) is 4.00. The molecule has 1 atom stereocenters. The monoisotopic (exact) mass is 405 g/mol. The van der Waals surface area contributed by atoms with Crippen LogP contribution in [0, 0.1) is 13.8 Å². The van der Waals surface area contributed by atoms with Crippen LogP contribution in [0.1, 0.15) is 55.6 Å². The van der Waals surface area contributed by atoms with Gasteiger partial charge < -0.3 is 14.2 Å². The molecule has 30 heavy (non-hydrogen) atoms. The second-order valence-corrected chi connectivity index (χ2v) is 8.36. The van der Waals surface area contributed by atoms with E-state index in [1.807, 2.05) is 11.0 Å². The number of amides is 1. The summed E-state index contributed by atoms with van der Waals surface area (Å²) in [7, 11) is 0. The molecule has 0 radical (unpaired) electrons. The van der Waals surface area contributed by atoms with Gasteiger partial charge in [-0.05, 0) is 74.9 Å². The number of aryl methyl sites for hydroxylation is 3. The number of benzene rings is 2. The minimum atomic E-state index is 0.0846. The van der Waals surface area contributed by atoms with E-state index in [1.165, 1.54) is 11.1 Å². The fourth-order valence-electron chi connectivity index (χ4n) is 4.57. The first-order chi connectivity index (χ1) is 14.5. The number of carbonyl (C=O) groups excluding carboxylic acids is 1. The maximum Gasteiger partial charge on any atom is 0.220 e. The molecule has 3 aromatic rings. The Morgan fingerprint density at radius 1 is 1.13 bits per heavy atom. The fraction of sp³-hybridized carbons (Fsp3) is 0.440. The highest BCUT2D eigenvalue weighted by Gasteiger charge is 2.31. The van der Waals surface area contributed by atoms with Gasteiger partial charge in [0.25, 0.3) is 0 Å². The van der Waals surface area contributed by atoms with E-state index in [0.29, 0.717) is 6.61 Å². The third kappa shape index (κ3) is 4.35. The third-order valence-corrected chi connectivity index (χ3v) is 5.88. The number of unbranched alkanes of at least 4 members (excludes halogenated alkanes) is 1. The van der Waals surface area contributed by atoms with E-state index in [0.717, 1.165) is 61.4 Å². The highest BCUT2D eigenvalue weighted by Crippen LogP contribution is 2.33. The van der Waals surface area contributed by atoms with Crippen molar-refractivity contribution in [2.45, 2.75) is 59.0 Å². The number of hydrogen-bond acceptors (Lipinski definition) is 3. The van der Waals surface area contributed by atoms with Gasteiger partial charge in [0.1, 0.15) is 11.6 Å². The number of imidazole rings is 1. The van der Waals surface area contributed by atoms with Crippen LogP contribution in [-0.2, 0) is 11.3 Å². The Morgan fingerprint density at radius 3 is 2.67 bits per heavy atom. The molecule has 1 fully saturated rings. The number of carbonyl (C=O) groups is 1. The minimum Gasteiger partial charge on any atom is -0.494 e. The summed E-state index contributed by atoms with van der Waals surface area (Å²) in [4.78, 5) is 19.0. The van der Waals surface area contributed by atoms with Crippen molar-refractivity contribution in [1.29, 1.82) is 0 Å². The number of likely N-dealkylation sites (tertiary alicyclic amines) is 1. The Bertz CT molecular complexity index is 1020. The molecular weight excluding hydrogens is 374 g/mol. The maximum atomic E-state index is 12.1. The van der Waals surface area contributed by atoms with Gasteiger partial charge in [-0.3, -0.25) is 4.79 Å². The molecule has 5 nitrogen and oxygen atoms in total. The summed E-state index contributed by atoms with van der Waals surface area (Å²) in [6.45, 7) is 8.27. The zero-order chi connectivity index (χ0) is 21.1. The number of fused-ring (bicyclic) bond motifs is 1. The van der Waals surface area contributed by atoms with Crippen molar-refractivity contribution in [2.24, 2.45) is 0 Å². The van der Waals surface area contributed by atoms with Crippen LogP contribution in [-0.4, -0.2) is 33.5 Å². The van der Waals surface area contributed by atoms with Crippen LogP contribution in [0.2, 0.25) is 0 Å². The van der Waals surface area contributed by atoms with Gasteiger partial charge in [-0.15, -0.1) is 0 Å². The molecule has 1 amide bonds. The van der Waals surface area contributed by atoms with Crippen molar-refractivity contribution in [1.82, 2.24) is 14.5 Å². The van der Waals surface area contributed by atoms with Gasteiger partial charge in [-0.2, -0.15) is 0 Å². The Hall–Kier alpha value is -2.82. The summed E-state index contributed by atoms with van der Waals surface area (Å²) in [5.41, 5.74) is 4.62. The largest absolute Gasteiger partial charge is 0.494 e. The summed E-state index contributed by atoms with van der Waals surface area (Å²) in [6, 6.07) is 14.7. The molecule has 0 unspecified atom stereocenters. The number of aromatic nitrogens is 2. The summed E-state index contributed by atoms with van der Waals surface area (Å²) in [5, 5.41) is 0. The first kappa shape index (κ1) is 20.5. The molecule has 0 bridgehead atoms. The molecule has 158 valence electrons. The van der Waals surface area contributed by atoms with E-state index in [1.54, 1.807) is 6.92 Å². The molecule has 2 heterocycles. The lowest BCUT2D eigenvalue weighted by molar-refractivity contribution is -0.129. The van der Waals surface area contributed by atoms with Crippen LogP contribution >= 0.6 is 0 Å². The van der Waals surface area contributed by atoms with Gasteiger partial charge in [0.2, 0.25) is 5.91 Å². The van der Waals surface area contributed by atoms with E-state index in [-0.39, 0.29) is 11.9 Å². The molecule has 0 aliphatic carbocycles. The second-order valence-electron chi connectivity index (χ2n) is 8.36. The second kappa shape index (κ2) is 8.90. The number of ether oxygens (including phenoxy) is 1. The molecule has 4 rings (SSSR count). The minimum absolute atomic E-state index is 0.0846. The van der Waals surface area contributed by atoms with Crippen LogP contribution < -0.4 is 4.74 Å². The molecule has 0 N–H and O–H groups in total. The van der Waals surface area contributed by atoms with Gasteiger partial charge in [-0.25, -0.2) is 4.98 Å². The highest BCUT2D eigenvalue weighted by molar-refractivity contribution is 5.77. The smallest absolute Gasteiger partial charge is 0.220 e. The van der Waals surface area contributed by atoms with Gasteiger partial charge >= 0.3 is 0 Å². The zero-order valence-electron chi connectivity index (χ0n) is 18.2. The lowest BCUT2D eigenvalue weighted by Gasteiger charge is -2.24. The Balaban J connectivity index is 1.45. The van der Waals surface area contributed by atoms with Crippen molar-refractivity contribution in [3.8, 4) is 5.75 Å². The highest BCUT2D eigenvalue weighted by atomic mass is 16.5. The predicted octanol–water partition coefficient (Wildman–Crippen LogP) is 5.20. The summed E-state index contributed by atoms with van der Waals surface area (Å²) < 4.78 is 8.29. The van der Waals surface area contributed by atoms with Crippen LogP contribution in [0.15, 0.2) is 42.5 Å². The Kier molecular flexibility index (Phi) is 6.07. The Morgan fingerprint density at radius 2 is 1.90 bits per heavy atom. The number of para-hydroxylation sites is 2. The van der Waals surface area contributed by atoms with Gasteiger partial charge in [0.05, 0.1) is 23.7 Å². The molecular formula is C25H31N3O2. The molecule has 1 aliphatic heterocycles. The van der Waals surface area contributed by atoms with Crippen molar-refractivity contribution < 1.29 is 9.53 Å². The molecule has 0 saturated carbocycles. The summed E-state index contributed by atoms with van der Waals surface area (Å²) >= 11 is 0. The van der Waals surface area contributed by atoms with Crippen LogP contribution in [0.25, 0.3) is 11.0 Å². The Labute approximate surface area is 178 Å². The third-order valence-electron chi connectivity index (χ3n) is 5.88. The van der Waals surface area contributed by atoms with Gasteiger partial charge in [0, 0.05) is 20.0 Å². The maximum absolute atomic E-state index is 12.1. The average Bonchev–Trinajstić information content (AvgIpc) is 3.32. The first-order valence-electron chi connectivity index (χ1n) is 11.0. The lowest BCUT2D eigenvalue weighted by atomic mass is 10.1.